The Bertz CT molecular complexity index is 504. The van der Waals surface area contributed by atoms with Crippen LogP contribution < -0.4 is 10.6 Å². The van der Waals surface area contributed by atoms with Gasteiger partial charge in [-0.15, -0.1) is 0 Å². The van der Waals surface area contributed by atoms with E-state index >= 15 is 0 Å². The molecule has 0 bridgehead atoms. The smallest absolute Gasteiger partial charge is 0.315 e. The van der Waals surface area contributed by atoms with Gasteiger partial charge < -0.3 is 20.6 Å². The molecule has 2 amide bonds. The third-order valence-corrected chi connectivity index (χ3v) is 4.61. The van der Waals surface area contributed by atoms with E-state index < -0.39 is 6.10 Å². The minimum Gasteiger partial charge on any atom is -0.390 e. The van der Waals surface area contributed by atoms with Crippen LogP contribution in [0.25, 0.3) is 0 Å². The van der Waals surface area contributed by atoms with E-state index in [0.29, 0.717) is 18.1 Å². The molecule has 0 saturated carbocycles. The zero-order chi connectivity index (χ0) is 16.7. The van der Waals surface area contributed by atoms with Crippen LogP contribution in [-0.4, -0.2) is 48.3 Å². The number of carbonyl (C=O) groups excluding carboxylic acids is 1. The second kappa shape index (κ2) is 9.11. The van der Waals surface area contributed by atoms with Crippen molar-refractivity contribution in [2.24, 2.45) is 5.92 Å². The van der Waals surface area contributed by atoms with Gasteiger partial charge in [0.25, 0.3) is 0 Å². The van der Waals surface area contributed by atoms with Gasteiger partial charge in [0.15, 0.2) is 0 Å². The molecule has 1 atom stereocenters. The van der Waals surface area contributed by atoms with Crippen molar-refractivity contribution >= 4 is 17.6 Å². The lowest BCUT2D eigenvalue weighted by Gasteiger charge is -2.31. The van der Waals surface area contributed by atoms with Crippen molar-refractivity contribution in [1.82, 2.24) is 15.5 Å². The molecule has 0 aromatic heterocycles. The lowest BCUT2D eigenvalue weighted by Crippen LogP contribution is -2.45. The van der Waals surface area contributed by atoms with Crippen molar-refractivity contribution in [2.45, 2.75) is 32.4 Å². The molecule has 5 nitrogen and oxygen atoms in total. The quantitative estimate of drug-likeness (QED) is 0.744. The number of piperidine rings is 1. The third kappa shape index (κ3) is 6.37. The molecule has 128 valence electrons. The molecule has 1 aromatic carbocycles. The van der Waals surface area contributed by atoms with E-state index in [0.717, 1.165) is 24.6 Å². The van der Waals surface area contributed by atoms with E-state index in [1.165, 1.54) is 12.8 Å². The third-order valence-electron chi connectivity index (χ3n) is 4.24. The number of β-amino-alcohol motifs (C(OH)–C–C–N with tert-alkyl or cyclic N) is 1. The van der Waals surface area contributed by atoms with Gasteiger partial charge in [0.05, 0.1) is 6.10 Å². The molecule has 1 fully saturated rings. The van der Waals surface area contributed by atoms with Gasteiger partial charge in [0.2, 0.25) is 0 Å². The number of aliphatic hydroxyl groups excluding tert-OH is 1. The topological polar surface area (TPSA) is 64.6 Å². The maximum absolute atomic E-state index is 11.8. The SMILES string of the molecule is CC1CCN(CC(O)CNC(=O)NCc2ccccc2Cl)CC1. The fraction of sp³-hybridized carbons (Fsp3) is 0.588. The van der Waals surface area contributed by atoms with Crippen molar-refractivity contribution < 1.29 is 9.90 Å². The molecule has 23 heavy (non-hydrogen) atoms. The second-order valence-corrected chi connectivity index (χ2v) is 6.70. The molecular formula is C17H26ClN3O2. The number of aliphatic hydroxyl groups is 1. The number of carbonyl (C=O) groups is 1. The van der Waals surface area contributed by atoms with Gasteiger partial charge in [-0.3, -0.25) is 0 Å². The number of halogens is 1. The number of nitrogens with one attached hydrogen (secondary N) is 2. The van der Waals surface area contributed by atoms with Gasteiger partial charge in [-0.1, -0.05) is 36.7 Å². The summed E-state index contributed by atoms with van der Waals surface area (Å²) >= 11 is 6.04. The van der Waals surface area contributed by atoms with E-state index in [1.54, 1.807) is 6.07 Å². The summed E-state index contributed by atoms with van der Waals surface area (Å²) in [6, 6.07) is 7.10. The van der Waals surface area contributed by atoms with Crippen molar-refractivity contribution in [3.05, 3.63) is 34.9 Å². The Morgan fingerprint density at radius 3 is 2.74 bits per heavy atom. The largest absolute Gasteiger partial charge is 0.390 e. The van der Waals surface area contributed by atoms with Gasteiger partial charge in [-0.2, -0.15) is 0 Å². The fourth-order valence-corrected chi connectivity index (χ4v) is 2.90. The molecule has 1 aliphatic heterocycles. The minimum absolute atomic E-state index is 0.250. The maximum atomic E-state index is 11.8. The number of likely N-dealkylation sites (tertiary alicyclic amines) is 1. The number of urea groups is 1. The fourth-order valence-electron chi connectivity index (χ4n) is 2.70. The molecule has 1 unspecified atom stereocenters. The summed E-state index contributed by atoms with van der Waals surface area (Å²) in [5, 5.41) is 16.1. The average molecular weight is 340 g/mol. The zero-order valence-electron chi connectivity index (χ0n) is 13.6. The lowest BCUT2D eigenvalue weighted by molar-refractivity contribution is 0.0920. The number of nitrogens with zero attached hydrogens (tertiary/aromatic N) is 1. The Labute approximate surface area is 143 Å². The second-order valence-electron chi connectivity index (χ2n) is 6.29. The van der Waals surface area contributed by atoms with Crippen LogP contribution in [0, 0.1) is 5.92 Å². The number of rotatable bonds is 6. The van der Waals surface area contributed by atoms with E-state index in [9.17, 15) is 9.90 Å². The van der Waals surface area contributed by atoms with Crippen LogP contribution in [-0.2, 0) is 6.54 Å². The highest BCUT2D eigenvalue weighted by Gasteiger charge is 2.18. The summed E-state index contributed by atoms with van der Waals surface area (Å²) in [4.78, 5) is 14.0. The van der Waals surface area contributed by atoms with Crippen LogP contribution in [0.3, 0.4) is 0 Å². The van der Waals surface area contributed by atoms with Crippen LogP contribution in [0.2, 0.25) is 5.02 Å². The molecule has 1 heterocycles. The zero-order valence-corrected chi connectivity index (χ0v) is 14.4. The molecule has 3 N–H and O–H groups in total. The summed E-state index contributed by atoms with van der Waals surface area (Å²) in [6.45, 7) is 5.54. The van der Waals surface area contributed by atoms with Gasteiger partial charge in [-0.05, 0) is 43.5 Å². The summed E-state index contributed by atoms with van der Waals surface area (Å²) in [5.74, 6) is 0.775. The van der Waals surface area contributed by atoms with Crippen LogP contribution in [0.5, 0.6) is 0 Å². The lowest BCUT2D eigenvalue weighted by atomic mass is 9.99. The Morgan fingerprint density at radius 1 is 1.35 bits per heavy atom. The van der Waals surface area contributed by atoms with E-state index in [2.05, 4.69) is 22.5 Å². The van der Waals surface area contributed by atoms with Crippen LogP contribution in [0.1, 0.15) is 25.3 Å². The van der Waals surface area contributed by atoms with Gasteiger partial charge in [-0.25, -0.2) is 4.79 Å². The Kier molecular flexibility index (Phi) is 7.15. The van der Waals surface area contributed by atoms with E-state index in [1.807, 2.05) is 18.2 Å². The minimum atomic E-state index is -0.547. The van der Waals surface area contributed by atoms with Gasteiger partial charge >= 0.3 is 6.03 Å². The summed E-state index contributed by atoms with van der Waals surface area (Å²) in [7, 11) is 0. The summed E-state index contributed by atoms with van der Waals surface area (Å²) in [5.41, 5.74) is 0.868. The molecule has 1 aromatic rings. The summed E-state index contributed by atoms with van der Waals surface area (Å²) in [6.07, 6.45) is 1.81. The molecule has 0 spiro atoms. The maximum Gasteiger partial charge on any atom is 0.315 e. The molecule has 1 aliphatic rings. The number of benzene rings is 1. The normalized spacial score (nSPS) is 17.7. The number of amides is 2. The average Bonchev–Trinajstić information content (AvgIpc) is 2.54. The van der Waals surface area contributed by atoms with Crippen LogP contribution >= 0.6 is 11.6 Å². The molecule has 0 aliphatic carbocycles. The van der Waals surface area contributed by atoms with Gasteiger partial charge in [0, 0.05) is 24.7 Å². The Hall–Kier alpha value is -1.30. The highest BCUT2D eigenvalue weighted by atomic mass is 35.5. The molecule has 6 heteroatoms. The Morgan fingerprint density at radius 2 is 2.04 bits per heavy atom. The molecule has 2 rings (SSSR count). The highest BCUT2D eigenvalue weighted by Crippen LogP contribution is 2.16. The first-order valence-electron chi connectivity index (χ1n) is 8.20. The van der Waals surface area contributed by atoms with Crippen LogP contribution in [0.15, 0.2) is 24.3 Å². The highest BCUT2D eigenvalue weighted by molar-refractivity contribution is 6.31. The van der Waals surface area contributed by atoms with Crippen molar-refractivity contribution in [3.63, 3.8) is 0 Å². The van der Waals surface area contributed by atoms with Crippen molar-refractivity contribution in [1.29, 1.82) is 0 Å². The first kappa shape index (κ1) is 18.0. The predicted octanol–water partition coefficient (Wildman–Crippen LogP) is 2.23. The van der Waals surface area contributed by atoms with Gasteiger partial charge in [0.1, 0.15) is 0 Å². The number of hydrogen-bond donors (Lipinski definition) is 3. The Balaban J connectivity index is 1.63. The van der Waals surface area contributed by atoms with E-state index in [4.69, 9.17) is 11.6 Å². The predicted molar refractivity (Wildman–Crippen MR) is 92.5 cm³/mol. The molecule has 0 radical (unpaired) electrons. The molecular weight excluding hydrogens is 314 g/mol. The molecule has 1 saturated heterocycles. The summed E-state index contributed by atoms with van der Waals surface area (Å²) < 4.78 is 0. The van der Waals surface area contributed by atoms with Crippen LogP contribution in [0.4, 0.5) is 4.79 Å². The standard InChI is InChI=1S/C17H26ClN3O2/c1-13-6-8-21(9-7-13)12-15(22)11-20-17(23)19-10-14-4-2-3-5-16(14)18/h2-5,13,15,22H,6-12H2,1H3,(H2,19,20,23). The van der Waals surface area contributed by atoms with Crippen molar-refractivity contribution in [3.8, 4) is 0 Å². The van der Waals surface area contributed by atoms with E-state index in [-0.39, 0.29) is 12.6 Å². The first-order chi connectivity index (χ1) is 11.0. The first-order valence-corrected chi connectivity index (χ1v) is 8.58. The van der Waals surface area contributed by atoms with Crippen molar-refractivity contribution in [2.75, 3.05) is 26.2 Å². The number of hydrogen-bond acceptors (Lipinski definition) is 3. The monoisotopic (exact) mass is 339 g/mol.